The molecule has 0 saturated heterocycles. The van der Waals surface area contributed by atoms with E-state index in [0.717, 1.165) is 116 Å². The standard InChI is InChI=1S/C70H117NO8/c1-6-8-10-12-14-16-18-20-21-22-23-24-25-26-27-28-29-30-31-32-33-34-35-36-37-38-39-40-41-42-43-44-45-46-47-49-51-53-55-57-59-61-68(73)79-66(65-78-70(69(74)75)76-63-62-71(3,4)5)64-77-67(72)60-58-56-54-52-50-48-19-17-15-13-11-9-7-2/h8,10-11,13-14,16-17,19-21,23-24,26-27,29-30,32-33,35-36,66,70H,6-7,9,12,15,18,22,25,28,31,34,37-65H2,1-5H3/p+1/b10-8-,13-11-,16-14-,19-17-,21-20-,24-23-,27-26-,30-29-,33-32-,36-35-. The van der Waals surface area contributed by atoms with Gasteiger partial charge in [0.05, 0.1) is 34.4 Å². The number of allylic oxidation sites excluding steroid dienone is 20. The van der Waals surface area contributed by atoms with E-state index in [9.17, 15) is 19.5 Å². The zero-order valence-electron chi connectivity index (χ0n) is 51.2. The van der Waals surface area contributed by atoms with Gasteiger partial charge in [0, 0.05) is 12.8 Å². The van der Waals surface area contributed by atoms with Gasteiger partial charge in [-0.15, -0.1) is 0 Å². The van der Waals surface area contributed by atoms with Crippen LogP contribution in [0.3, 0.4) is 0 Å². The maximum Gasteiger partial charge on any atom is 0.361 e. The largest absolute Gasteiger partial charge is 0.477 e. The Kier molecular flexibility index (Phi) is 56.5. The van der Waals surface area contributed by atoms with Gasteiger partial charge in [0.2, 0.25) is 0 Å². The summed E-state index contributed by atoms with van der Waals surface area (Å²) in [6.45, 7) is 4.67. The fraction of sp³-hybridized carbons (Fsp3) is 0.671. The SMILES string of the molecule is CC/C=C\C/C=C\C/C=C\C/C=C\C/C=C\C/C=C\C/C=C\C/C=C\CCCCCCCCCCCCCCCCCCC(=O)OC(COC(=O)CCCCCCC/C=C\C/C=C\CCC)COC(OCC[N+](C)(C)C)C(=O)O. The monoisotopic (exact) mass is 1100 g/mol. The number of carboxylic acid groups (broad SMARTS) is 1. The molecule has 0 spiro atoms. The van der Waals surface area contributed by atoms with E-state index in [1.54, 1.807) is 0 Å². The van der Waals surface area contributed by atoms with E-state index in [1.807, 2.05) is 21.1 Å². The lowest BCUT2D eigenvalue weighted by Gasteiger charge is -2.25. The molecule has 2 atom stereocenters. The van der Waals surface area contributed by atoms with Gasteiger partial charge in [-0.25, -0.2) is 4.79 Å². The second-order valence-corrected chi connectivity index (χ2v) is 22.0. The summed E-state index contributed by atoms with van der Waals surface area (Å²) < 4.78 is 22.8. The fourth-order valence-corrected chi connectivity index (χ4v) is 8.36. The molecular formula is C70H118NO8+. The van der Waals surface area contributed by atoms with Gasteiger partial charge >= 0.3 is 17.9 Å². The molecule has 0 aromatic heterocycles. The maximum absolute atomic E-state index is 12.9. The van der Waals surface area contributed by atoms with E-state index in [4.69, 9.17) is 18.9 Å². The zero-order valence-corrected chi connectivity index (χ0v) is 51.2. The van der Waals surface area contributed by atoms with Gasteiger partial charge in [0.25, 0.3) is 6.29 Å². The molecule has 0 aromatic carbocycles. The second kappa shape index (κ2) is 59.8. The van der Waals surface area contributed by atoms with E-state index >= 15 is 0 Å². The summed E-state index contributed by atoms with van der Waals surface area (Å²) in [5.41, 5.74) is 0. The summed E-state index contributed by atoms with van der Waals surface area (Å²) >= 11 is 0. The number of hydrogen-bond acceptors (Lipinski definition) is 7. The molecule has 0 amide bonds. The first-order valence-electron chi connectivity index (χ1n) is 31.7. The molecule has 450 valence electrons. The molecule has 0 aromatic rings. The number of unbranched alkanes of at least 4 members (excludes halogenated alkanes) is 22. The van der Waals surface area contributed by atoms with E-state index in [2.05, 4.69) is 135 Å². The molecule has 79 heavy (non-hydrogen) atoms. The quantitative estimate of drug-likeness (QED) is 0.0211. The number of rotatable bonds is 57. The molecule has 9 heteroatoms. The smallest absolute Gasteiger partial charge is 0.361 e. The molecule has 2 unspecified atom stereocenters. The highest BCUT2D eigenvalue weighted by atomic mass is 16.7. The Labute approximate surface area is 485 Å². The summed E-state index contributed by atoms with van der Waals surface area (Å²) in [6, 6.07) is 0. The number of esters is 2. The van der Waals surface area contributed by atoms with Crippen molar-refractivity contribution in [2.75, 3.05) is 47.5 Å². The van der Waals surface area contributed by atoms with Crippen molar-refractivity contribution in [3.8, 4) is 0 Å². The molecule has 0 radical (unpaired) electrons. The van der Waals surface area contributed by atoms with Gasteiger partial charge in [-0.2, -0.15) is 0 Å². The number of carboxylic acids is 1. The first kappa shape index (κ1) is 74.7. The third-order valence-corrected chi connectivity index (χ3v) is 13.2. The van der Waals surface area contributed by atoms with Crippen molar-refractivity contribution in [1.29, 1.82) is 0 Å². The molecule has 0 rings (SSSR count). The van der Waals surface area contributed by atoms with Gasteiger partial charge in [0.15, 0.2) is 6.10 Å². The van der Waals surface area contributed by atoms with Crippen molar-refractivity contribution in [2.45, 2.75) is 257 Å². The topological polar surface area (TPSA) is 108 Å². The Morgan fingerprint density at radius 1 is 0.392 bits per heavy atom. The lowest BCUT2D eigenvalue weighted by molar-refractivity contribution is -0.870. The van der Waals surface area contributed by atoms with Gasteiger partial charge in [0.1, 0.15) is 13.2 Å². The predicted molar refractivity (Wildman–Crippen MR) is 336 cm³/mol. The van der Waals surface area contributed by atoms with Crippen molar-refractivity contribution in [3.05, 3.63) is 122 Å². The van der Waals surface area contributed by atoms with E-state index < -0.39 is 24.3 Å². The van der Waals surface area contributed by atoms with Crippen molar-refractivity contribution >= 4 is 17.9 Å². The molecule has 0 bridgehead atoms. The summed E-state index contributed by atoms with van der Waals surface area (Å²) in [7, 11) is 5.96. The Morgan fingerprint density at radius 3 is 1.08 bits per heavy atom. The third-order valence-electron chi connectivity index (χ3n) is 13.2. The minimum Gasteiger partial charge on any atom is -0.477 e. The molecular weight excluding hydrogens is 983 g/mol. The van der Waals surface area contributed by atoms with Gasteiger partial charge in [-0.1, -0.05) is 251 Å². The van der Waals surface area contributed by atoms with Crippen LogP contribution in [0, 0.1) is 0 Å². The van der Waals surface area contributed by atoms with Crippen molar-refractivity contribution in [2.24, 2.45) is 0 Å². The molecule has 9 nitrogen and oxygen atoms in total. The highest BCUT2D eigenvalue weighted by Gasteiger charge is 2.25. The second-order valence-electron chi connectivity index (χ2n) is 22.0. The minimum absolute atomic E-state index is 0.181. The Morgan fingerprint density at radius 2 is 0.722 bits per heavy atom. The van der Waals surface area contributed by atoms with Gasteiger partial charge in [-0.05, 0) is 103 Å². The van der Waals surface area contributed by atoms with Crippen LogP contribution in [0.2, 0.25) is 0 Å². The maximum atomic E-state index is 12.9. The fourth-order valence-electron chi connectivity index (χ4n) is 8.36. The Bertz CT molecular complexity index is 1710. The Balaban J connectivity index is 4.03. The number of nitrogens with zero attached hydrogens (tertiary/aromatic N) is 1. The van der Waals surface area contributed by atoms with Crippen LogP contribution in [-0.2, 0) is 33.3 Å². The zero-order chi connectivity index (χ0) is 57.6. The molecule has 0 saturated carbocycles. The van der Waals surface area contributed by atoms with Crippen molar-refractivity contribution in [3.63, 3.8) is 0 Å². The summed E-state index contributed by atoms with van der Waals surface area (Å²) in [5.74, 6) is -2.03. The van der Waals surface area contributed by atoms with Gasteiger partial charge < -0.3 is 28.5 Å². The molecule has 0 aliphatic carbocycles. The number of aliphatic carboxylic acids is 1. The highest BCUT2D eigenvalue weighted by Crippen LogP contribution is 2.16. The average Bonchev–Trinajstić information content (AvgIpc) is 3.42. The van der Waals surface area contributed by atoms with Crippen LogP contribution in [0.1, 0.15) is 245 Å². The number of hydrogen-bond donors (Lipinski definition) is 1. The van der Waals surface area contributed by atoms with Crippen molar-refractivity contribution < 1.29 is 42.9 Å². The minimum atomic E-state index is -1.52. The van der Waals surface area contributed by atoms with Crippen LogP contribution in [0.25, 0.3) is 0 Å². The number of ether oxygens (including phenoxy) is 4. The summed E-state index contributed by atoms with van der Waals surface area (Å²) in [5, 5.41) is 9.70. The summed E-state index contributed by atoms with van der Waals surface area (Å²) in [6.07, 6.45) is 81.7. The molecule has 0 aliphatic rings. The normalized spacial score (nSPS) is 13.6. The van der Waals surface area contributed by atoms with Crippen LogP contribution in [0.15, 0.2) is 122 Å². The summed E-state index contributed by atoms with van der Waals surface area (Å²) in [4.78, 5) is 37.4. The molecule has 0 fully saturated rings. The first-order valence-corrected chi connectivity index (χ1v) is 31.7. The lowest BCUT2D eigenvalue weighted by Crippen LogP contribution is -2.40. The molecule has 0 aliphatic heterocycles. The van der Waals surface area contributed by atoms with Gasteiger partial charge in [-0.3, -0.25) is 9.59 Å². The average molecular weight is 1100 g/mol. The number of likely N-dealkylation sites (N-methyl/N-ethyl adjacent to an activating group) is 1. The van der Waals surface area contributed by atoms with Crippen LogP contribution < -0.4 is 0 Å². The van der Waals surface area contributed by atoms with Crippen LogP contribution in [0.4, 0.5) is 0 Å². The lowest BCUT2D eigenvalue weighted by atomic mass is 10.0. The Hall–Kier alpha value is -4.31. The van der Waals surface area contributed by atoms with Crippen molar-refractivity contribution in [1.82, 2.24) is 0 Å². The van der Waals surface area contributed by atoms with E-state index in [-0.39, 0.29) is 38.6 Å². The number of quaternary nitrogens is 1. The number of carbonyl (C=O) groups excluding carboxylic acids is 2. The highest BCUT2D eigenvalue weighted by molar-refractivity contribution is 5.71. The van der Waals surface area contributed by atoms with Crippen LogP contribution in [0.5, 0.6) is 0 Å². The molecule has 0 heterocycles. The van der Waals surface area contributed by atoms with Crippen LogP contribution in [-0.4, -0.2) is 87.4 Å². The molecule has 1 N–H and O–H groups in total. The first-order chi connectivity index (χ1) is 38.6. The predicted octanol–water partition coefficient (Wildman–Crippen LogP) is 19.2. The van der Waals surface area contributed by atoms with Crippen LogP contribution >= 0.6 is 0 Å². The third kappa shape index (κ3) is 61.2. The van der Waals surface area contributed by atoms with E-state index in [1.165, 1.54) is 96.3 Å². The van der Waals surface area contributed by atoms with E-state index in [0.29, 0.717) is 17.4 Å². The number of carbonyl (C=O) groups is 3.